The van der Waals surface area contributed by atoms with E-state index in [-0.39, 0.29) is 0 Å². The molecule has 1 unspecified atom stereocenters. The van der Waals surface area contributed by atoms with E-state index in [2.05, 4.69) is 18.7 Å². The lowest BCUT2D eigenvalue weighted by molar-refractivity contribution is 0.381. The fourth-order valence-corrected chi connectivity index (χ4v) is 3.60. The second kappa shape index (κ2) is 2.44. The predicted molar refractivity (Wildman–Crippen MR) is 47.4 cm³/mol. The van der Waals surface area contributed by atoms with Crippen molar-refractivity contribution in [1.29, 1.82) is 0 Å². The maximum atomic E-state index is 2.47. The van der Waals surface area contributed by atoms with Gasteiger partial charge in [0, 0.05) is 4.75 Å². The summed E-state index contributed by atoms with van der Waals surface area (Å²) in [7, 11) is 0. The van der Waals surface area contributed by atoms with Crippen LogP contribution >= 0.6 is 11.8 Å². The van der Waals surface area contributed by atoms with Crippen LogP contribution in [0.25, 0.3) is 0 Å². The van der Waals surface area contributed by atoms with Crippen molar-refractivity contribution in [2.75, 3.05) is 5.75 Å². The quantitative estimate of drug-likeness (QED) is 0.562. The minimum Gasteiger partial charge on any atom is -0.155 e. The fraction of sp³-hybridized carbons (Fsp3) is 1.00. The van der Waals surface area contributed by atoms with Gasteiger partial charge in [0.05, 0.1) is 0 Å². The van der Waals surface area contributed by atoms with E-state index in [4.69, 9.17) is 0 Å². The molecule has 0 aromatic rings. The number of hydrogen-bond acceptors (Lipinski definition) is 1. The minimum atomic E-state index is 0.719. The standard InChI is InChI=1S/C9H16S/c1-9(6-7-10-9)8-4-2-3-5-8/h8H,2-7H2,1H3. The van der Waals surface area contributed by atoms with Gasteiger partial charge in [0.1, 0.15) is 0 Å². The molecule has 1 heteroatoms. The molecule has 0 nitrogen and oxygen atoms in total. The molecular weight excluding hydrogens is 140 g/mol. The van der Waals surface area contributed by atoms with E-state index in [1.807, 2.05) is 0 Å². The van der Waals surface area contributed by atoms with Crippen LogP contribution in [0.2, 0.25) is 0 Å². The third kappa shape index (κ3) is 0.990. The van der Waals surface area contributed by atoms with Crippen molar-refractivity contribution >= 4 is 11.8 Å². The highest BCUT2D eigenvalue weighted by Crippen LogP contribution is 2.51. The van der Waals surface area contributed by atoms with Gasteiger partial charge in [-0.15, -0.1) is 0 Å². The van der Waals surface area contributed by atoms with Crippen LogP contribution in [0.3, 0.4) is 0 Å². The van der Waals surface area contributed by atoms with Crippen LogP contribution in [-0.4, -0.2) is 10.5 Å². The molecule has 0 aromatic heterocycles. The van der Waals surface area contributed by atoms with Crippen LogP contribution in [0.4, 0.5) is 0 Å². The molecule has 0 spiro atoms. The Bertz CT molecular complexity index is 121. The van der Waals surface area contributed by atoms with Crippen molar-refractivity contribution < 1.29 is 0 Å². The average Bonchev–Trinajstić information content (AvgIpc) is 2.33. The predicted octanol–water partition coefficient (Wildman–Crippen LogP) is 3.07. The molecular formula is C9H16S. The summed E-state index contributed by atoms with van der Waals surface area (Å²) < 4.78 is 0.719. The summed E-state index contributed by atoms with van der Waals surface area (Å²) in [5.74, 6) is 2.50. The van der Waals surface area contributed by atoms with E-state index in [1.54, 1.807) is 0 Å². The molecule has 2 rings (SSSR count). The van der Waals surface area contributed by atoms with Crippen LogP contribution < -0.4 is 0 Å². The van der Waals surface area contributed by atoms with Gasteiger partial charge in [0.2, 0.25) is 0 Å². The highest BCUT2D eigenvalue weighted by molar-refractivity contribution is 8.02. The summed E-state index contributed by atoms with van der Waals surface area (Å²) in [6.07, 6.45) is 7.52. The Morgan fingerprint density at radius 2 is 1.90 bits per heavy atom. The first-order valence-corrected chi connectivity index (χ1v) is 5.44. The number of thioether (sulfide) groups is 1. The lowest BCUT2D eigenvalue weighted by Gasteiger charge is -2.43. The molecule has 1 aliphatic carbocycles. The van der Waals surface area contributed by atoms with Crippen LogP contribution in [0.15, 0.2) is 0 Å². The molecule has 10 heavy (non-hydrogen) atoms. The van der Waals surface area contributed by atoms with E-state index in [0.29, 0.717) is 0 Å². The van der Waals surface area contributed by atoms with Crippen LogP contribution in [0.5, 0.6) is 0 Å². The summed E-state index contributed by atoms with van der Waals surface area (Å²) in [4.78, 5) is 0. The van der Waals surface area contributed by atoms with Crippen molar-refractivity contribution in [3.63, 3.8) is 0 Å². The normalized spacial score (nSPS) is 41.7. The van der Waals surface area contributed by atoms with Gasteiger partial charge in [0.25, 0.3) is 0 Å². The molecule has 0 bridgehead atoms. The summed E-state index contributed by atoms with van der Waals surface area (Å²) in [5, 5.41) is 0. The van der Waals surface area contributed by atoms with Gasteiger partial charge in [-0.25, -0.2) is 0 Å². The zero-order chi connectivity index (χ0) is 7.03. The van der Waals surface area contributed by atoms with Gasteiger partial charge >= 0.3 is 0 Å². The monoisotopic (exact) mass is 156 g/mol. The topological polar surface area (TPSA) is 0 Å². The number of hydrogen-bond donors (Lipinski definition) is 0. The first-order valence-electron chi connectivity index (χ1n) is 4.45. The minimum absolute atomic E-state index is 0.719. The Morgan fingerprint density at radius 3 is 2.30 bits per heavy atom. The van der Waals surface area contributed by atoms with Crippen LogP contribution in [0, 0.1) is 5.92 Å². The van der Waals surface area contributed by atoms with E-state index in [1.165, 1.54) is 37.9 Å². The molecule has 1 saturated heterocycles. The Balaban J connectivity index is 1.96. The summed E-state index contributed by atoms with van der Waals surface area (Å²) in [5.41, 5.74) is 0. The molecule has 0 N–H and O–H groups in total. The van der Waals surface area contributed by atoms with Crippen molar-refractivity contribution in [2.45, 2.75) is 43.8 Å². The third-order valence-corrected chi connectivity index (χ3v) is 4.85. The van der Waals surface area contributed by atoms with Crippen molar-refractivity contribution in [1.82, 2.24) is 0 Å². The third-order valence-electron chi connectivity index (χ3n) is 3.25. The van der Waals surface area contributed by atoms with Gasteiger partial charge in [-0.3, -0.25) is 0 Å². The second-order valence-corrected chi connectivity index (χ2v) is 5.52. The van der Waals surface area contributed by atoms with Crippen LogP contribution in [-0.2, 0) is 0 Å². The van der Waals surface area contributed by atoms with E-state index >= 15 is 0 Å². The zero-order valence-electron chi connectivity index (χ0n) is 6.73. The van der Waals surface area contributed by atoms with E-state index in [9.17, 15) is 0 Å². The Kier molecular flexibility index (Phi) is 1.71. The van der Waals surface area contributed by atoms with Crippen molar-refractivity contribution in [2.24, 2.45) is 5.92 Å². The van der Waals surface area contributed by atoms with Gasteiger partial charge < -0.3 is 0 Å². The summed E-state index contributed by atoms with van der Waals surface area (Å²) in [6.45, 7) is 2.47. The largest absolute Gasteiger partial charge is 0.155 e. The lowest BCUT2D eigenvalue weighted by Crippen LogP contribution is -2.37. The molecule has 1 atom stereocenters. The van der Waals surface area contributed by atoms with Crippen LogP contribution in [0.1, 0.15) is 39.0 Å². The molecule has 1 heterocycles. The molecule has 0 aromatic carbocycles. The highest BCUT2D eigenvalue weighted by atomic mass is 32.2. The molecule has 58 valence electrons. The maximum Gasteiger partial charge on any atom is 0.0167 e. The molecule has 0 amide bonds. The maximum absolute atomic E-state index is 2.47. The van der Waals surface area contributed by atoms with Crippen molar-refractivity contribution in [3.8, 4) is 0 Å². The summed E-state index contributed by atoms with van der Waals surface area (Å²) in [6, 6.07) is 0. The fourth-order valence-electron chi connectivity index (χ4n) is 2.28. The van der Waals surface area contributed by atoms with Gasteiger partial charge in [-0.2, -0.15) is 11.8 Å². The molecule has 2 aliphatic rings. The zero-order valence-corrected chi connectivity index (χ0v) is 7.54. The first-order chi connectivity index (χ1) is 4.81. The Labute approximate surface area is 67.8 Å². The number of rotatable bonds is 1. The summed E-state index contributed by atoms with van der Waals surface area (Å²) >= 11 is 2.20. The smallest absolute Gasteiger partial charge is 0.0167 e. The average molecular weight is 156 g/mol. The molecule has 1 saturated carbocycles. The van der Waals surface area contributed by atoms with E-state index in [0.717, 1.165) is 10.7 Å². The SMILES string of the molecule is CC1(C2CCCC2)CCS1. The Morgan fingerprint density at radius 1 is 1.30 bits per heavy atom. The first kappa shape index (κ1) is 7.02. The van der Waals surface area contributed by atoms with Gasteiger partial charge in [0.15, 0.2) is 0 Å². The Hall–Kier alpha value is 0.350. The van der Waals surface area contributed by atoms with Crippen molar-refractivity contribution in [3.05, 3.63) is 0 Å². The van der Waals surface area contributed by atoms with Gasteiger partial charge in [-0.05, 0) is 30.9 Å². The van der Waals surface area contributed by atoms with Gasteiger partial charge in [-0.1, -0.05) is 19.8 Å². The van der Waals surface area contributed by atoms with E-state index < -0.39 is 0 Å². The lowest BCUT2D eigenvalue weighted by atomic mass is 9.88. The highest BCUT2D eigenvalue weighted by Gasteiger charge is 2.41. The molecule has 1 aliphatic heterocycles. The second-order valence-electron chi connectivity index (χ2n) is 3.89. The molecule has 0 radical (unpaired) electrons. The molecule has 2 fully saturated rings.